The molecule has 0 spiro atoms. The fourth-order valence-corrected chi connectivity index (χ4v) is 12.3. The molecule has 0 radical (unpaired) electrons. The fraction of sp³-hybridized carbons (Fsp3) is 0.831. The first kappa shape index (κ1) is 89.1. The van der Waals surface area contributed by atoms with Crippen LogP contribution in [0.2, 0.25) is 0 Å². The smallest absolute Gasteiger partial charge is 0.857 e. The summed E-state index contributed by atoms with van der Waals surface area (Å²) in [6.45, 7) is 22.9. The third-order valence-electron chi connectivity index (χ3n) is 17.7. The Morgan fingerprint density at radius 2 is 0.944 bits per heavy atom. The van der Waals surface area contributed by atoms with E-state index in [-0.39, 0.29) is 106 Å². The normalized spacial score (nSPS) is 39.8. The molecule has 4 aliphatic heterocycles. The zero-order chi connectivity index (χ0) is 67.2. The summed E-state index contributed by atoms with van der Waals surface area (Å²) in [5, 5.41) is 63.3. The van der Waals surface area contributed by atoms with Crippen molar-refractivity contribution < 1.29 is 136 Å². The standard InChI is InChI=1S/C32H53NO11.C30H51NO10.CH3O.2CH4.Na/c1-12-24-31(7,39)15-22(16-41-21(6)34)25(35)17(2)14-32(8,40-11)28(19(4)26(36)20(5)29(38)43-24)44-30-27(37)23(33(9)10)13-18(3)42-30;1-11-22-29(6,37)14-20(15-32)23(33)16(2)13-30(7,38-10)26(18(4)24(34)19(5)27(36)40-22)41-28-25(35)21(31(8)9)12-17(3)39-28;1-2;;;/h15,17-20,23-24,27-28,30,37,39H,12-14,16H2,1-11H3;14,16-19,21-22,25-26,28,32,35,37H,11-13,15H2,1-10H3;1H3;2*1H4;/q;;-1;;;+1/b22-15+;20-14+;;;;/t17-,18-,19+,20-,23+,24-,27-,28-,30?,31+,32+;16-,17-,18+,19-,21+,22-,25-,26-,28?,29+,30+;;;;/m11..../s1. The monoisotopic (exact) mass is 1300 g/mol. The summed E-state index contributed by atoms with van der Waals surface area (Å²) >= 11 is 0. The van der Waals surface area contributed by atoms with Crippen molar-refractivity contribution in [2.75, 3.05) is 62.7 Å². The molecule has 4 aliphatic rings. The number of ether oxygens (including phenoxy) is 9. The Balaban J connectivity index is 0. The number of aliphatic hydroxyl groups is 5. The Bertz CT molecular complexity index is 2370. The Morgan fingerprint density at radius 1 is 0.622 bits per heavy atom. The molecule has 5 N–H and O–H groups in total. The van der Waals surface area contributed by atoms with Gasteiger partial charge in [-0.15, -0.1) is 0 Å². The van der Waals surface area contributed by atoms with E-state index < -0.39 is 161 Å². The average molecular weight is 1300 g/mol. The van der Waals surface area contributed by atoms with Crippen LogP contribution in [0.25, 0.3) is 0 Å². The SMILES string of the molecule is C.C.CC[C@H]1OC(=O)[C@H](C)C(=O)[C@H](C)[C@@H](OC2O[C@H](C)C[C@H](N(C)C)[C@H]2O)[C@@](C)(OC)C[C@@H](C)C(=O)/C(CO)=C/[C@]1(C)O.CC[C@H]1OC(=O)[C@H](C)C(=O)[C@H](C)[C@@H](OC2O[C@H](C)C[C@H](N(C)C)[C@H]2O)[C@@](C)(OC)C[C@@H](C)C(=O)/C(COC(C)=O)=C/[C@]1(C)O.C[O-].[Na+]. The number of hydrogen-bond donors (Lipinski definition) is 5. The largest absolute Gasteiger partial charge is 1.00 e. The van der Waals surface area contributed by atoms with Gasteiger partial charge in [-0.3, -0.25) is 33.6 Å². The maximum atomic E-state index is 13.9. The van der Waals surface area contributed by atoms with Crippen molar-refractivity contribution in [3.05, 3.63) is 23.3 Å². The minimum absolute atomic E-state index is 0. The molecule has 22 atom stereocenters. The molecule has 90 heavy (non-hydrogen) atoms. The molecule has 2 saturated heterocycles. The number of carbonyl (C=O) groups excluding carboxylic acids is 7. The second-order valence-corrected chi connectivity index (χ2v) is 25.5. The number of ketones is 4. The van der Waals surface area contributed by atoms with Crippen LogP contribution in [-0.4, -0.2) is 235 Å². The van der Waals surface area contributed by atoms with E-state index in [1.807, 2.05) is 51.8 Å². The molecular weight excluding hydrogens is 1180 g/mol. The predicted octanol–water partition coefficient (Wildman–Crippen LogP) is 1.11. The molecule has 25 heteroatoms. The van der Waals surface area contributed by atoms with Gasteiger partial charge in [0.15, 0.2) is 35.7 Å². The van der Waals surface area contributed by atoms with Crippen molar-refractivity contribution >= 4 is 41.0 Å². The van der Waals surface area contributed by atoms with Gasteiger partial charge >= 0.3 is 47.5 Å². The number of esters is 3. The molecule has 2 unspecified atom stereocenters. The molecule has 0 saturated carbocycles. The maximum Gasteiger partial charge on any atom is 1.00 e. The van der Waals surface area contributed by atoms with Crippen LogP contribution in [0.1, 0.15) is 157 Å². The summed E-state index contributed by atoms with van der Waals surface area (Å²) in [5.41, 5.74) is -6.19. The summed E-state index contributed by atoms with van der Waals surface area (Å²) in [6, 6.07) is -0.559. The van der Waals surface area contributed by atoms with Crippen molar-refractivity contribution in [2.24, 2.45) is 35.5 Å². The van der Waals surface area contributed by atoms with Crippen LogP contribution in [0.15, 0.2) is 23.3 Å². The van der Waals surface area contributed by atoms with E-state index in [2.05, 4.69) is 0 Å². The van der Waals surface area contributed by atoms with Gasteiger partial charge in [0, 0.05) is 68.0 Å². The Kier molecular flexibility index (Phi) is 38.1. The molecule has 4 heterocycles. The molecular formula is C65H115N2NaO22. The third-order valence-corrected chi connectivity index (χ3v) is 17.7. The number of aliphatic hydroxyl groups excluding tert-OH is 3. The van der Waals surface area contributed by atoms with E-state index in [1.165, 1.54) is 61.0 Å². The topological polar surface area (TPSA) is 333 Å². The number of nitrogens with zero attached hydrogens (tertiary/aromatic N) is 2. The van der Waals surface area contributed by atoms with Gasteiger partial charge < -0.3 is 83.1 Å². The van der Waals surface area contributed by atoms with Gasteiger partial charge in [0.2, 0.25) is 0 Å². The van der Waals surface area contributed by atoms with E-state index in [9.17, 15) is 59.1 Å². The van der Waals surface area contributed by atoms with Crippen LogP contribution >= 0.6 is 0 Å². The van der Waals surface area contributed by atoms with Crippen LogP contribution in [0.4, 0.5) is 0 Å². The van der Waals surface area contributed by atoms with Gasteiger partial charge in [0.1, 0.15) is 54.1 Å². The second kappa shape index (κ2) is 38.5. The van der Waals surface area contributed by atoms with E-state index >= 15 is 0 Å². The van der Waals surface area contributed by atoms with Crippen LogP contribution in [0, 0.1) is 35.5 Å². The van der Waals surface area contributed by atoms with Gasteiger partial charge in [0.05, 0.1) is 42.2 Å². The third kappa shape index (κ3) is 22.9. The van der Waals surface area contributed by atoms with E-state index in [0.717, 1.165) is 7.11 Å². The van der Waals surface area contributed by atoms with Crippen molar-refractivity contribution in [1.29, 1.82) is 0 Å². The van der Waals surface area contributed by atoms with Gasteiger partial charge in [-0.1, -0.05) is 56.4 Å². The average Bonchev–Trinajstić information content (AvgIpc) is 0.804. The maximum absolute atomic E-state index is 13.9. The first-order chi connectivity index (χ1) is 40.2. The molecule has 518 valence electrons. The van der Waals surface area contributed by atoms with Crippen molar-refractivity contribution in [1.82, 2.24) is 9.80 Å². The molecule has 0 aromatic carbocycles. The molecule has 0 aromatic rings. The van der Waals surface area contributed by atoms with E-state index in [0.29, 0.717) is 12.8 Å². The molecule has 4 rings (SSSR count). The number of methoxy groups -OCH3 is 2. The number of carbonyl (C=O) groups is 7. The number of cyclic esters (lactones) is 2. The van der Waals surface area contributed by atoms with Gasteiger partial charge in [-0.05, 0) is 134 Å². The van der Waals surface area contributed by atoms with Crippen molar-refractivity contribution in [3.63, 3.8) is 0 Å². The van der Waals surface area contributed by atoms with E-state index in [4.69, 9.17) is 47.7 Å². The quantitative estimate of drug-likeness (QED) is 0.0746. The first-order valence-electron chi connectivity index (χ1n) is 30.2. The Hall–Kier alpha value is -2.99. The number of likely N-dealkylation sites (N-methyl/N-ethyl adjacent to an activating group) is 2. The summed E-state index contributed by atoms with van der Waals surface area (Å²) < 4.78 is 53.2. The molecule has 2 fully saturated rings. The summed E-state index contributed by atoms with van der Waals surface area (Å²) in [7, 11) is 11.0. The number of hydrogen-bond acceptors (Lipinski definition) is 24. The number of Topliss-reactive ketones (excluding diaryl/α,β-unsaturated/α-hetero) is 4. The van der Waals surface area contributed by atoms with Gasteiger partial charge in [0.25, 0.3) is 0 Å². The van der Waals surface area contributed by atoms with Crippen molar-refractivity contribution in [2.45, 2.75) is 253 Å². The molecule has 0 amide bonds. The molecule has 24 nitrogen and oxygen atoms in total. The Morgan fingerprint density at radius 3 is 1.23 bits per heavy atom. The predicted molar refractivity (Wildman–Crippen MR) is 331 cm³/mol. The Labute approximate surface area is 559 Å². The first-order valence-corrected chi connectivity index (χ1v) is 30.2. The van der Waals surface area contributed by atoms with E-state index in [1.54, 1.807) is 55.4 Å². The van der Waals surface area contributed by atoms with Crippen LogP contribution < -0.4 is 34.7 Å². The summed E-state index contributed by atoms with van der Waals surface area (Å²) in [6.07, 6.45) is -5.09. The van der Waals surface area contributed by atoms with Gasteiger partial charge in [-0.2, -0.15) is 7.11 Å². The van der Waals surface area contributed by atoms with Crippen molar-refractivity contribution in [3.8, 4) is 0 Å². The second-order valence-electron chi connectivity index (χ2n) is 25.5. The minimum Gasteiger partial charge on any atom is -0.857 e. The molecule has 0 bridgehead atoms. The van der Waals surface area contributed by atoms with Crippen LogP contribution in [0.5, 0.6) is 0 Å². The summed E-state index contributed by atoms with van der Waals surface area (Å²) in [4.78, 5) is 96.9. The van der Waals surface area contributed by atoms with Crippen LogP contribution in [-0.2, 0) is 76.2 Å². The minimum atomic E-state index is -1.82. The van der Waals surface area contributed by atoms with Crippen LogP contribution in [0.3, 0.4) is 0 Å². The zero-order valence-corrected chi connectivity index (χ0v) is 58.8. The fourth-order valence-electron chi connectivity index (χ4n) is 12.3. The molecule has 0 aliphatic carbocycles. The molecule has 0 aromatic heterocycles. The zero-order valence-electron chi connectivity index (χ0n) is 56.8. The van der Waals surface area contributed by atoms with Gasteiger partial charge in [-0.25, -0.2) is 0 Å². The number of rotatable bonds is 13. The summed E-state index contributed by atoms with van der Waals surface area (Å²) in [5.74, 6) is -10.0.